The van der Waals surface area contributed by atoms with Gasteiger partial charge in [0, 0.05) is 12.1 Å². The summed E-state index contributed by atoms with van der Waals surface area (Å²) in [7, 11) is 0. The van der Waals surface area contributed by atoms with Crippen molar-refractivity contribution in [2.24, 2.45) is 5.92 Å². The molecule has 0 aliphatic carbocycles. The lowest BCUT2D eigenvalue weighted by Gasteiger charge is -2.44. The average Bonchev–Trinajstić information content (AvgIpc) is 2.59. The van der Waals surface area contributed by atoms with Gasteiger partial charge in [-0.15, -0.1) is 0 Å². The summed E-state index contributed by atoms with van der Waals surface area (Å²) in [5.74, 6) is 1.62. The van der Waals surface area contributed by atoms with E-state index >= 15 is 0 Å². The monoisotopic (exact) mass is 308 g/mol. The molecule has 0 amide bonds. The Balaban J connectivity index is 1.48. The highest BCUT2D eigenvalue weighted by atomic mass is 16.5. The van der Waals surface area contributed by atoms with Crippen LogP contribution >= 0.6 is 0 Å². The Kier molecular flexibility index (Phi) is 3.82. The molecule has 1 atom stereocenters. The van der Waals surface area contributed by atoms with E-state index in [-0.39, 0.29) is 0 Å². The fourth-order valence-corrected chi connectivity index (χ4v) is 3.74. The van der Waals surface area contributed by atoms with E-state index in [0.29, 0.717) is 6.10 Å². The molecule has 120 valence electrons. The van der Waals surface area contributed by atoms with Crippen molar-refractivity contribution in [2.75, 3.05) is 19.6 Å². The third-order valence-electron chi connectivity index (χ3n) is 5.42. The van der Waals surface area contributed by atoms with E-state index in [0.717, 1.165) is 23.9 Å². The SMILES string of the molecule is Cc1ccc(-c2ccc(O[C@@H]3CN4CCC3CC4)cn2)cc1C. The van der Waals surface area contributed by atoms with Crippen LogP contribution in [-0.2, 0) is 0 Å². The Bertz CT molecular complexity index is 687. The maximum absolute atomic E-state index is 6.22. The Morgan fingerprint density at radius 2 is 1.87 bits per heavy atom. The number of nitrogens with zero attached hydrogens (tertiary/aromatic N) is 2. The van der Waals surface area contributed by atoms with Crippen molar-refractivity contribution >= 4 is 0 Å². The predicted octanol–water partition coefficient (Wildman–Crippen LogP) is 3.84. The quantitative estimate of drug-likeness (QED) is 0.861. The number of hydrogen-bond donors (Lipinski definition) is 0. The number of fused-ring (bicyclic) bond motifs is 3. The minimum absolute atomic E-state index is 0.340. The molecule has 3 aliphatic heterocycles. The number of benzene rings is 1. The molecule has 1 aromatic carbocycles. The summed E-state index contributed by atoms with van der Waals surface area (Å²) in [5.41, 5.74) is 4.80. The summed E-state index contributed by atoms with van der Waals surface area (Å²) >= 11 is 0. The van der Waals surface area contributed by atoms with Gasteiger partial charge in [0.1, 0.15) is 11.9 Å². The molecule has 4 heterocycles. The Labute approximate surface area is 138 Å². The second-order valence-electron chi connectivity index (χ2n) is 6.97. The lowest BCUT2D eigenvalue weighted by Crippen LogP contribution is -2.52. The van der Waals surface area contributed by atoms with Gasteiger partial charge in [0.25, 0.3) is 0 Å². The van der Waals surface area contributed by atoms with Gasteiger partial charge in [-0.3, -0.25) is 9.88 Å². The van der Waals surface area contributed by atoms with Crippen molar-refractivity contribution in [1.29, 1.82) is 0 Å². The number of aromatic nitrogens is 1. The highest BCUT2D eigenvalue weighted by Gasteiger charge is 2.35. The minimum atomic E-state index is 0.340. The van der Waals surface area contributed by atoms with Crippen LogP contribution in [0.25, 0.3) is 11.3 Å². The van der Waals surface area contributed by atoms with Gasteiger partial charge in [-0.2, -0.15) is 0 Å². The van der Waals surface area contributed by atoms with Crippen molar-refractivity contribution in [1.82, 2.24) is 9.88 Å². The van der Waals surface area contributed by atoms with E-state index in [2.05, 4.69) is 54.1 Å². The molecule has 2 bridgehead atoms. The van der Waals surface area contributed by atoms with Gasteiger partial charge in [0.2, 0.25) is 0 Å². The second kappa shape index (κ2) is 5.97. The Morgan fingerprint density at radius 1 is 1.04 bits per heavy atom. The molecular weight excluding hydrogens is 284 g/mol. The van der Waals surface area contributed by atoms with Crippen molar-refractivity contribution in [3.05, 3.63) is 47.7 Å². The molecule has 0 saturated carbocycles. The standard InChI is InChI=1S/C20H24N2O/c1-14-3-4-17(11-15(14)2)19-6-5-18(12-21-19)23-20-13-22-9-7-16(20)8-10-22/h3-6,11-12,16,20H,7-10,13H2,1-2H3/t20-/m1/s1. The van der Waals surface area contributed by atoms with Gasteiger partial charge in [0.15, 0.2) is 0 Å². The summed E-state index contributed by atoms with van der Waals surface area (Å²) in [6.45, 7) is 7.84. The van der Waals surface area contributed by atoms with Gasteiger partial charge >= 0.3 is 0 Å². The Hall–Kier alpha value is -1.87. The van der Waals surface area contributed by atoms with Crippen LogP contribution in [0.3, 0.4) is 0 Å². The van der Waals surface area contributed by atoms with Crippen LogP contribution in [0.1, 0.15) is 24.0 Å². The van der Waals surface area contributed by atoms with Crippen molar-refractivity contribution in [3.63, 3.8) is 0 Å². The van der Waals surface area contributed by atoms with Gasteiger partial charge in [-0.1, -0.05) is 12.1 Å². The summed E-state index contributed by atoms with van der Waals surface area (Å²) in [6, 6.07) is 10.6. The Morgan fingerprint density at radius 3 is 2.48 bits per heavy atom. The first-order valence-corrected chi connectivity index (χ1v) is 8.62. The molecule has 5 rings (SSSR count). The van der Waals surface area contributed by atoms with Crippen LogP contribution in [0, 0.1) is 19.8 Å². The highest BCUT2D eigenvalue weighted by molar-refractivity contribution is 5.61. The fraction of sp³-hybridized carbons (Fsp3) is 0.450. The molecule has 3 heteroatoms. The maximum Gasteiger partial charge on any atom is 0.138 e. The van der Waals surface area contributed by atoms with E-state index in [4.69, 9.17) is 4.74 Å². The van der Waals surface area contributed by atoms with E-state index in [9.17, 15) is 0 Å². The number of rotatable bonds is 3. The molecule has 0 radical (unpaired) electrons. The zero-order valence-corrected chi connectivity index (χ0v) is 14.0. The van der Waals surface area contributed by atoms with Crippen molar-refractivity contribution < 1.29 is 4.74 Å². The van der Waals surface area contributed by atoms with E-state index in [1.54, 1.807) is 0 Å². The topological polar surface area (TPSA) is 25.4 Å². The molecule has 3 fully saturated rings. The maximum atomic E-state index is 6.22. The molecule has 3 saturated heterocycles. The molecule has 1 aromatic heterocycles. The predicted molar refractivity (Wildman–Crippen MR) is 92.7 cm³/mol. The zero-order valence-electron chi connectivity index (χ0n) is 14.0. The molecular formula is C20H24N2O. The molecule has 23 heavy (non-hydrogen) atoms. The van der Waals surface area contributed by atoms with E-state index in [1.807, 2.05) is 6.20 Å². The number of ether oxygens (including phenoxy) is 1. The normalized spacial score (nSPS) is 26.3. The number of hydrogen-bond acceptors (Lipinski definition) is 3. The third-order valence-corrected chi connectivity index (χ3v) is 5.42. The van der Waals surface area contributed by atoms with Gasteiger partial charge in [0.05, 0.1) is 11.9 Å². The smallest absolute Gasteiger partial charge is 0.138 e. The van der Waals surface area contributed by atoms with Crippen LogP contribution < -0.4 is 4.74 Å². The van der Waals surface area contributed by atoms with Crippen LogP contribution in [0.2, 0.25) is 0 Å². The third kappa shape index (κ3) is 2.98. The van der Waals surface area contributed by atoms with Crippen LogP contribution in [0.4, 0.5) is 0 Å². The first kappa shape index (κ1) is 14.7. The molecule has 0 N–H and O–H groups in total. The zero-order chi connectivity index (χ0) is 15.8. The fourth-order valence-electron chi connectivity index (χ4n) is 3.74. The van der Waals surface area contributed by atoms with Gasteiger partial charge in [-0.05, 0) is 75.0 Å². The van der Waals surface area contributed by atoms with Crippen LogP contribution in [0.15, 0.2) is 36.5 Å². The molecule has 0 spiro atoms. The number of piperidine rings is 3. The first-order valence-electron chi connectivity index (χ1n) is 8.62. The summed E-state index contributed by atoms with van der Waals surface area (Å²) in [4.78, 5) is 7.12. The highest BCUT2D eigenvalue weighted by Crippen LogP contribution is 2.31. The van der Waals surface area contributed by atoms with E-state index in [1.165, 1.54) is 42.6 Å². The summed E-state index contributed by atoms with van der Waals surface area (Å²) in [6.07, 6.45) is 4.77. The van der Waals surface area contributed by atoms with Gasteiger partial charge in [-0.25, -0.2) is 0 Å². The number of aryl methyl sites for hydroxylation is 2. The van der Waals surface area contributed by atoms with Crippen molar-refractivity contribution in [3.8, 4) is 17.0 Å². The lowest BCUT2D eigenvalue weighted by molar-refractivity contribution is -0.00791. The minimum Gasteiger partial charge on any atom is -0.487 e. The lowest BCUT2D eigenvalue weighted by atomic mass is 9.86. The summed E-state index contributed by atoms with van der Waals surface area (Å²) in [5, 5.41) is 0. The largest absolute Gasteiger partial charge is 0.487 e. The summed E-state index contributed by atoms with van der Waals surface area (Å²) < 4.78 is 6.22. The second-order valence-corrected chi connectivity index (χ2v) is 6.97. The molecule has 2 aromatic rings. The molecule has 0 unspecified atom stereocenters. The first-order chi connectivity index (χ1) is 11.2. The number of pyridine rings is 1. The molecule has 3 aliphatic rings. The van der Waals surface area contributed by atoms with Gasteiger partial charge < -0.3 is 4.74 Å². The van der Waals surface area contributed by atoms with Crippen molar-refractivity contribution in [2.45, 2.75) is 32.8 Å². The van der Waals surface area contributed by atoms with Crippen LogP contribution in [0.5, 0.6) is 5.75 Å². The molecule has 3 nitrogen and oxygen atoms in total. The van der Waals surface area contributed by atoms with E-state index < -0.39 is 0 Å². The van der Waals surface area contributed by atoms with Crippen LogP contribution in [-0.4, -0.2) is 35.6 Å². The average molecular weight is 308 g/mol.